The molecule has 2 aliphatic rings. The molecule has 0 spiro atoms. The number of amides is 2. The SMILES string of the molecule is CCCCCCc1ccc(NC(=O)N2CC3CC(O)C(O)CC3C2)cc1. The Hall–Kier alpha value is -1.59. The summed E-state index contributed by atoms with van der Waals surface area (Å²) in [6.07, 6.45) is 6.00. The van der Waals surface area contributed by atoms with Gasteiger partial charge in [0.15, 0.2) is 0 Å². The molecule has 2 amide bonds. The molecule has 4 atom stereocenters. The number of aliphatic hydroxyl groups excluding tert-OH is 2. The van der Waals surface area contributed by atoms with Crippen LogP contribution in [-0.2, 0) is 6.42 Å². The van der Waals surface area contributed by atoms with Gasteiger partial charge in [-0.2, -0.15) is 0 Å². The summed E-state index contributed by atoms with van der Waals surface area (Å²) in [5.74, 6) is 0.592. The van der Waals surface area contributed by atoms with Gasteiger partial charge in [-0.25, -0.2) is 4.79 Å². The quantitative estimate of drug-likeness (QED) is 0.681. The molecule has 1 saturated carbocycles. The highest BCUT2D eigenvalue weighted by atomic mass is 16.3. The van der Waals surface area contributed by atoms with Crippen LogP contribution >= 0.6 is 0 Å². The minimum atomic E-state index is -0.649. The van der Waals surface area contributed by atoms with Gasteiger partial charge in [0.2, 0.25) is 0 Å². The van der Waals surface area contributed by atoms with Crippen molar-refractivity contribution in [3.63, 3.8) is 0 Å². The van der Waals surface area contributed by atoms with Gasteiger partial charge in [0, 0.05) is 18.8 Å². The van der Waals surface area contributed by atoms with Crippen LogP contribution in [0.25, 0.3) is 0 Å². The molecule has 4 unspecified atom stereocenters. The Morgan fingerprint density at radius 3 is 2.23 bits per heavy atom. The number of urea groups is 1. The second kappa shape index (κ2) is 8.87. The Morgan fingerprint density at radius 2 is 1.65 bits per heavy atom. The Balaban J connectivity index is 1.48. The molecule has 1 aromatic rings. The van der Waals surface area contributed by atoms with Gasteiger partial charge in [0.1, 0.15) is 0 Å². The van der Waals surface area contributed by atoms with Crippen molar-refractivity contribution < 1.29 is 15.0 Å². The van der Waals surface area contributed by atoms with Gasteiger partial charge < -0.3 is 20.4 Å². The lowest BCUT2D eigenvalue weighted by Gasteiger charge is -2.31. The molecule has 0 bridgehead atoms. The lowest BCUT2D eigenvalue weighted by atomic mass is 9.79. The maximum absolute atomic E-state index is 12.5. The number of carbonyl (C=O) groups excluding carboxylic acids is 1. The predicted molar refractivity (Wildman–Crippen MR) is 103 cm³/mol. The lowest BCUT2D eigenvalue weighted by molar-refractivity contribution is -0.0372. The molecular formula is C21H32N2O3. The van der Waals surface area contributed by atoms with Crippen molar-refractivity contribution in [2.45, 2.75) is 64.1 Å². The van der Waals surface area contributed by atoms with Gasteiger partial charge in [-0.15, -0.1) is 0 Å². The number of fused-ring (bicyclic) bond motifs is 1. The molecule has 3 N–H and O–H groups in total. The second-order valence-corrected chi connectivity index (χ2v) is 7.97. The largest absolute Gasteiger partial charge is 0.390 e. The molecule has 144 valence electrons. The third-order valence-corrected chi connectivity index (χ3v) is 5.92. The summed E-state index contributed by atoms with van der Waals surface area (Å²) in [5, 5.41) is 22.6. The highest BCUT2D eigenvalue weighted by Gasteiger charge is 2.42. The molecule has 1 aliphatic heterocycles. The highest BCUT2D eigenvalue weighted by molar-refractivity contribution is 5.89. The Bertz CT molecular complexity index is 571. The molecule has 1 heterocycles. The number of aryl methyl sites for hydroxylation is 1. The fourth-order valence-corrected chi connectivity index (χ4v) is 4.29. The highest BCUT2D eigenvalue weighted by Crippen LogP contribution is 2.36. The number of rotatable bonds is 6. The molecule has 26 heavy (non-hydrogen) atoms. The first kappa shape index (κ1) is 19.2. The summed E-state index contributed by atoms with van der Waals surface area (Å²) in [6, 6.07) is 8.06. The predicted octanol–water partition coefficient (Wildman–Crippen LogP) is 3.40. The minimum Gasteiger partial charge on any atom is -0.390 e. The number of anilines is 1. The van der Waals surface area contributed by atoms with Gasteiger partial charge in [0.25, 0.3) is 0 Å². The van der Waals surface area contributed by atoms with E-state index in [9.17, 15) is 15.0 Å². The molecule has 1 aromatic carbocycles. The van der Waals surface area contributed by atoms with Gasteiger partial charge >= 0.3 is 6.03 Å². The zero-order valence-corrected chi connectivity index (χ0v) is 15.7. The van der Waals surface area contributed by atoms with Crippen LogP contribution in [0.1, 0.15) is 51.0 Å². The zero-order valence-electron chi connectivity index (χ0n) is 15.7. The number of carbonyl (C=O) groups is 1. The van der Waals surface area contributed by atoms with Crippen LogP contribution in [0.3, 0.4) is 0 Å². The number of unbranched alkanes of at least 4 members (excludes halogenated alkanes) is 3. The van der Waals surface area contributed by atoms with Crippen LogP contribution in [0.5, 0.6) is 0 Å². The molecular weight excluding hydrogens is 328 g/mol. The van der Waals surface area contributed by atoms with Crippen LogP contribution in [0.4, 0.5) is 10.5 Å². The van der Waals surface area contributed by atoms with E-state index in [-0.39, 0.29) is 6.03 Å². The van der Waals surface area contributed by atoms with Crippen LogP contribution in [0.2, 0.25) is 0 Å². The average Bonchev–Trinajstić information content (AvgIpc) is 3.03. The zero-order chi connectivity index (χ0) is 18.5. The lowest BCUT2D eigenvalue weighted by Crippen LogP contribution is -2.38. The van der Waals surface area contributed by atoms with E-state index in [1.165, 1.54) is 31.2 Å². The summed E-state index contributed by atoms with van der Waals surface area (Å²) in [7, 11) is 0. The van der Waals surface area contributed by atoms with Crippen molar-refractivity contribution in [1.82, 2.24) is 4.90 Å². The first-order chi connectivity index (χ1) is 12.6. The van der Waals surface area contributed by atoms with E-state index < -0.39 is 12.2 Å². The normalized spacial score (nSPS) is 28.0. The summed E-state index contributed by atoms with van der Waals surface area (Å²) in [4.78, 5) is 14.4. The van der Waals surface area contributed by atoms with E-state index in [0.717, 1.165) is 12.1 Å². The van der Waals surface area contributed by atoms with Crippen LogP contribution < -0.4 is 5.32 Å². The topological polar surface area (TPSA) is 72.8 Å². The molecule has 5 nitrogen and oxygen atoms in total. The molecule has 2 fully saturated rings. The summed E-state index contributed by atoms with van der Waals surface area (Å²) in [6.45, 7) is 3.54. The Labute approximate surface area is 156 Å². The van der Waals surface area contributed by atoms with Gasteiger partial charge in [0.05, 0.1) is 12.2 Å². The Kier molecular flexibility index (Phi) is 6.54. The summed E-state index contributed by atoms with van der Waals surface area (Å²) < 4.78 is 0. The first-order valence-corrected chi connectivity index (χ1v) is 10.1. The number of hydrogen-bond donors (Lipinski definition) is 3. The van der Waals surface area contributed by atoms with Crippen molar-refractivity contribution in [3.8, 4) is 0 Å². The first-order valence-electron chi connectivity index (χ1n) is 10.1. The number of nitrogens with one attached hydrogen (secondary N) is 1. The van der Waals surface area contributed by atoms with Gasteiger partial charge in [-0.3, -0.25) is 0 Å². The van der Waals surface area contributed by atoms with Gasteiger partial charge in [-0.05, 0) is 55.2 Å². The van der Waals surface area contributed by atoms with Crippen LogP contribution in [-0.4, -0.2) is 46.4 Å². The van der Waals surface area contributed by atoms with Crippen molar-refractivity contribution in [1.29, 1.82) is 0 Å². The molecule has 3 rings (SSSR count). The molecule has 0 aromatic heterocycles. The molecule has 1 aliphatic carbocycles. The van der Waals surface area contributed by atoms with E-state index in [1.54, 1.807) is 0 Å². The summed E-state index contributed by atoms with van der Waals surface area (Å²) >= 11 is 0. The van der Waals surface area contributed by atoms with Crippen LogP contribution in [0.15, 0.2) is 24.3 Å². The van der Waals surface area contributed by atoms with E-state index in [2.05, 4.69) is 24.4 Å². The van der Waals surface area contributed by atoms with Crippen molar-refractivity contribution in [3.05, 3.63) is 29.8 Å². The number of benzene rings is 1. The van der Waals surface area contributed by atoms with E-state index in [0.29, 0.717) is 37.8 Å². The summed E-state index contributed by atoms with van der Waals surface area (Å²) in [5.41, 5.74) is 2.14. The van der Waals surface area contributed by atoms with E-state index in [1.807, 2.05) is 17.0 Å². The third kappa shape index (κ3) is 4.77. The van der Waals surface area contributed by atoms with E-state index >= 15 is 0 Å². The number of aliphatic hydroxyl groups is 2. The van der Waals surface area contributed by atoms with Crippen molar-refractivity contribution in [2.75, 3.05) is 18.4 Å². The standard InChI is InChI=1S/C21H32N2O3/c1-2-3-4-5-6-15-7-9-18(10-8-15)22-21(26)23-13-16-11-19(24)20(25)12-17(16)14-23/h7-10,16-17,19-20,24-25H,2-6,11-14H2,1H3,(H,22,26). The molecule has 0 radical (unpaired) electrons. The molecule has 1 saturated heterocycles. The van der Waals surface area contributed by atoms with E-state index in [4.69, 9.17) is 0 Å². The smallest absolute Gasteiger partial charge is 0.321 e. The maximum atomic E-state index is 12.5. The van der Waals surface area contributed by atoms with Crippen molar-refractivity contribution in [2.24, 2.45) is 11.8 Å². The fourth-order valence-electron chi connectivity index (χ4n) is 4.29. The maximum Gasteiger partial charge on any atom is 0.321 e. The number of hydrogen-bond acceptors (Lipinski definition) is 3. The third-order valence-electron chi connectivity index (χ3n) is 5.92. The van der Waals surface area contributed by atoms with Crippen LogP contribution in [0, 0.1) is 11.8 Å². The molecule has 5 heteroatoms. The average molecular weight is 360 g/mol. The minimum absolute atomic E-state index is 0.0842. The van der Waals surface area contributed by atoms with Crippen molar-refractivity contribution >= 4 is 11.7 Å². The fraction of sp³-hybridized carbons (Fsp3) is 0.667. The number of nitrogens with zero attached hydrogens (tertiary/aromatic N) is 1. The second-order valence-electron chi connectivity index (χ2n) is 7.97. The monoisotopic (exact) mass is 360 g/mol. The van der Waals surface area contributed by atoms with Gasteiger partial charge in [-0.1, -0.05) is 38.3 Å². The number of likely N-dealkylation sites (tertiary alicyclic amines) is 1. The Morgan fingerprint density at radius 1 is 1.04 bits per heavy atom.